The van der Waals surface area contributed by atoms with Crippen LogP contribution < -0.4 is 4.74 Å². The third-order valence-corrected chi connectivity index (χ3v) is 6.97. The molecule has 2 aliphatic rings. The van der Waals surface area contributed by atoms with E-state index in [1.807, 2.05) is 30.6 Å². The van der Waals surface area contributed by atoms with E-state index in [9.17, 15) is 5.11 Å². The summed E-state index contributed by atoms with van der Waals surface area (Å²) in [6.07, 6.45) is 13.3. The number of nitrogens with zero attached hydrogens (tertiary/aromatic N) is 3. The van der Waals surface area contributed by atoms with Gasteiger partial charge < -0.3 is 14.7 Å². The molecule has 5 nitrogen and oxygen atoms in total. The summed E-state index contributed by atoms with van der Waals surface area (Å²) in [7, 11) is 1.67. The third-order valence-electron chi connectivity index (χ3n) is 6.97. The van der Waals surface area contributed by atoms with Crippen LogP contribution in [0.4, 0.5) is 0 Å². The molecule has 0 spiro atoms. The smallest absolute Gasteiger partial charge is 0.120 e. The van der Waals surface area contributed by atoms with Crippen molar-refractivity contribution in [1.82, 2.24) is 14.8 Å². The molecule has 1 aromatic heterocycles. The molecule has 1 N–H and O–H groups in total. The molecule has 0 unspecified atom stereocenters. The number of piperidine rings is 1. The zero-order valence-electron chi connectivity index (χ0n) is 18.9. The molecule has 31 heavy (non-hydrogen) atoms. The molecule has 1 saturated carbocycles. The Kier molecular flexibility index (Phi) is 7.81. The number of methoxy groups -OCH3 is 1. The molecule has 1 aliphatic heterocycles. The van der Waals surface area contributed by atoms with Crippen LogP contribution in [0.25, 0.3) is 0 Å². The van der Waals surface area contributed by atoms with Crippen LogP contribution >= 0.6 is 0 Å². The average molecular weight is 424 g/mol. The number of ether oxygens (including phenoxy) is 1. The van der Waals surface area contributed by atoms with Crippen molar-refractivity contribution in [2.24, 2.45) is 5.92 Å². The second kappa shape index (κ2) is 11.0. The van der Waals surface area contributed by atoms with Gasteiger partial charge in [-0.1, -0.05) is 25.3 Å². The second-order valence-corrected chi connectivity index (χ2v) is 9.32. The molecule has 2 fully saturated rings. The number of aromatic nitrogens is 1. The molecule has 1 saturated heterocycles. The summed E-state index contributed by atoms with van der Waals surface area (Å²) < 4.78 is 5.39. The van der Waals surface area contributed by atoms with Gasteiger partial charge in [0.1, 0.15) is 11.5 Å². The topological polar surface area (TPSA) is 48.8 Å². The lowest BCUT2D eigenvalue weighted by atomic mass is 9.90. The Morgan fingerprint density at radius 3 is 2.74 bits per heavy atom. The maximum atomic E-state index is 10.5. The van der Waals surface area contributed by atoms with Crippen molar-refractivity contribution in [3.63, 3.8) is 0 Å². The van der Waals surface area contributed by atoms with Crippen LogP contribution in [-0.2, 0) is 13.1 Å². The molecular formula is C26H37N3O2. The lowest BCUT2D eigenvalue weighted by Crippen LogP contribution is -2.46. The van der Waals surface area contributed by atoms with Crippen molar-refractivity contribution in [2.45, 2.75) is 64.1 Å². The number of phenolic OH excluding ortho intramolecular Hbond substituents is 1. The van der Waals surface area contributed by atoms with Crippen LogP contribution in [-0.4, -0.2) is 52.7 Å². The number of pyridine rings is 1. The zero-order valence-corrected chi connectivity index (χ0v) is 18.9. The first-order valence-electron chi connectivity index (χ1n) is 11.9. The minimum atomic E-state index is 0.337. The third kappa shape index (κ3) is 6.20. The normalized spacial score (nSPS) is 20.8. The van der Waals surface area contributed by atoms with E-state index < -0.39 is 0 Å². The van der Waals surface area contributed by atoms with Crippen molar-refractivity contribution in [3.8, 4) is 11.5 Å². The summed E-state index contributed by atoms with van der Waals surface area (Å²) in [5, 5.41) is 10.5. The monoisotopic (exact) mass is 423 g/mol. The summed E-state index contributed by atoms with van der Waals surface area (Å²) in [4.78, 5) is 9.55. The van der Waals surface area contributed by atoms with Crippen LogP contribution in [0.3, 0.4) is 0 Å². The lowest BCUT2D eigenvalue weighted by molar-refractivity contribution is 0.0769. The van der Waals surface area contributed by atoms with Crippen molar-refractivity contribution < 1.29 is 9.84 Å². The van der Waals surface area contributed by atoms with Gasteiger partial charge in [-0.25, -0.2) is 0 Å². The van der Waals surface area contributed by atoms with E-state index in [1.54, 1.807) is 13.2 Å². The number of phenols is 1. The molecule has 0 radical (unpaired) electrons. The van der Waals surface area contributed by atoms with E-state index in [0.717, 1.165) is 30.4 Å². The van der Waals surface area contributed by atoms with Gasteiger partial charge in [-0.2, -0.15) is 0 Å². The average Bonchev–Trinajstić information content (AvgIpc) is 2.82. The number of benzene rings is 1. The SMILES string of the molecule is COc1ccc(O)c(CN(Cc2cccnc2)C[C@@H]2CCCN(C3CCCCC3)C2)c1. The Morgan fingerprint density at radius 2 is 1.97 bits per heavy atom. The molecule has 1 aromatic carbocycles. The molecule has 5 heteroatoms. The maximum absolute atomic E-state index is 10.5. The summed E-state index contributed by atoms with van der Waals surface area (Å²) in [5.74, 6) is 1.79. The van der Waals surface area contributed by atoms with Crippen molar-refractivity contribution in [1.29, 1.82) is 0 Å². The Labute approximate surface area is 187 Å². The Morgan fingerprint density at radius 1 is 1.10 bits per heavy atom. The molecule has 4 rings (SSSR count). The number of rotatable bonds is 8. The Hall–Kier alpha value is -2.11. The fourth-order valence-electron chi connectivity index (χ4n) is 5.38. The fourth-order valence-corrected chi connectivity index (χ4v) is 5.38. The highest BCUT2D eigenvalue weighted by Gasteiger charge is 2.28. The predicted octanol–water partition coefficient (Wildman–Crippen LogP) is 4.84. The molecule has 0 bridgehead atoms. The van der Waals surface area contributed by atoms with Gasteiger partial charge in [0.25, 0.3) is 0 Å². The van der Waals surface area contributed by atoms with Crippen molar-refractivity contribution in [2.75, 3.05) is 26.7 Å². The summed E-state index contributed by atoms with van der Waals surface area (Å²) in [6.45, 7) is 5.05. The van der Waals surface area contributed by atoms with Gasteiger partial charge >= 0.3 is 0 Å². The molecule has 1 aliphatic carbocycles. The summed E-state index contributed by atoms with van der Waals surface area (Å²) >= 11 is 0. The first-order valence-corrected chi connectivity index (χ1v) is 11.9. The Bertz CT molecular complexity index is 808. The second-order valence-electron chi connectivity index (χ2n) is 9.32. The van der Waals surface area contributed by atoms with Crippen LogP contribution in [0, 0.1) is 5.92 Å². The quantitative estimate of drug-likeness (QED) is 0.658. The molecule has 2 aromatic rings. The van der Waals surface area contributed by atoms with E-state index in [1.165, 1.54) is 63.6 Å². The zero-order chi connectivity index (χ0) is 21.5. The van der Waals surface area contributed by atoms with Gasteiger partial charge in [0.05, 0.1) is 7.11 Å². The van der Waals surface area contributed by atoms with E-state index in [2.05, 4.69) is 20.9 Å². The number of likely N-dealkylation sites (tertiary alicyclic amines) is 1. The first-order chi connectivity index (χ1) is 15.2. The molecule has 168 valence electrons. The standard InChI is InChI=1S/C26H37N3O2/c1-31-25-11-12-26(30)23(15-25)20-28(17-21-7-5-13-27-16-21)18-22-8-6-14-29(19-22)24-9-3-2-4-10-24/h5,7,11-13,15-16,22,24,30H,2-4,6,8-10,14,17-20H2,1H3/t22-/m0/s1. The van der Waals surface area contributed by atoms with Gasteiger partial charge in [-0.05, 0) is 68.0 Å². The van der Waals surface area contributed by atoms with Crippen molar-refractivity contribution in [3.05, 3.63) is 53.9 Å². The minimum Gasteiger partial charge on any atom is -0.508 e. The summed E-state index contributed by atoms with van der Waals surface area (Å²) in [6, 6.07) is 10.4. The molecule has 1 atom stereocenters. The highest BCUT2D eigenvalue weighted by Crippen LogP contribution is 2.29. The largest absolute Gasteiger partial charge is 0.508 e. The van der Waals surface area contributed by atoms with Crippen LogP contribution in [0.1, 0.15) is 56.1 Å². The minimum absolute atomic E-state index is 0.337. The number of hydrogen-bond acceptors (Lipinski definition) is 5. The van der Waals surface area contributed by atoms with Crippen LogP contribution in [0.2, 0.25) is 0 Å². The molecule has 0 amide bonds. The predicted molar refractivity (Wildman–Crippen MR) is 124 cm³/mol. The van der Waals surface area contributed by atoms with Crippen molar-refractivity contribution >= 4 is 0 Å². The van der Waals surface area contributed by atoms with E-state index >= 15 is 0 Å². The first kappa shape index (κ1) is 22.1. The van der Waals surface area contributed by atoms with Gasteiger partial charge in [-0.15, -0.1) is 0 Å². The van der Waals surface area contributed by atoms with Crippen LogP contribution in [0.5, 0.6) is 11.5 Å². The van der Waals surface area contributed by atoms with Gasteiger partial charge in [0.2, 0.25) is 0 Å². The number of aromatic hydroxyl groups is 1. The fraction of sp³-hybridized carbons (Fsp3) is 0.577. The highest BCUT2D eigenvalue weighted by atomic mass is 16.5. The van der Waals surface area contributed by atoms with Gasteiger partial charge in [0.15, 0.2) is 0 Å². The maximum Gasteiger partial charge on any atom is 0.120 e. The Balaban J connectivity index is 1.46. The van der Waals surface area contributed by atoms with Gasteiger partial charge in [-0.3, -0.25) is 9.88 Å². The van der Waals surface area contributed by atoms with E-state index in [0.29, 0.717) is 18.2 Å². The lowest BCUT2D eigenvalue weighted by Gasteiger charge is -2.41. The molecule has 2 heterocycles. The van der Waals surface area contributed by atoms with Crippen LogP contribution in [0.15, 0.2) is 42.7 Å². The van der Waals surface area contributed by atoms with E-state index in [-0.39, 0.29) is 0 Å². The summed E-state index contributed by atoms with van der Waals surface area (Å²) in [5.41, 5.74) is 2.13. The van der Waals surface area contributed by atoms with E-state index in [4.69, 9.17) is 4.74 Å². The van der Waals surface area contributed by atoms with Gasteiger partial charge in [0, 0.05) is 50.2 Å². The molecular weight excluding hydrogens is 386 g/mol. The highest BCUT2D eigenvalue weighted by molar-refractivity contribution is 5.39. The number of hydrogen-bond donors (Lipinski definition) is 1.